The number of aromatic carboxylic acids is 1. The molecule has 0 unspecified atom stereocenters. The molecular formula is C26H30MgO4. The molecule has 0 heterocycles. The molecular weight excluding hydrogens is 401 g/mol. The van der Waals surface area contributed by atoms with Crippen molar-refractivity contribution in [3.05, 3.63) is 81.4 Å². The fourth-order valence-electron chi connectivity index (χ4n) is 3.53. The number of carbonyl (C=O) groups excluding carboxylic acids is 1. The van der Waals surface area contributed by atoms with Crippen LogP contribution in [0.4, 0.5) is 0 Å². The van der Waals surface area contributed by atoms with Crippen molar-refractivity contribution in [3.8, 4) is 11.5 Å². The molecule has 2 aromatic carbocycles. The molecule has 160 valence electrons. The molecule has 0 bridgehead atoms. The standard InChI is InChI=1S/C26H32O4.Mg/c1-17(2)11-14-21-20(16-13-19-9-7-6-8-10-19)23(26(28)29)24(27)22(25(21)30-5)15-12-18(3)4;/h6-12,27H,13-16H2,1-5H3,(H,28,29);/q;+2/p-2. The zero-order valence-corrected chi connectivity index (χ0v) is 20.6. The molecule has 4 nitrogen and oxygen atoms in total. The number of carboxylic acid groups (broad SMARTS) is 1. The van der Waals surface area contributed by atoms with Gasteiger partial charge in [-0.3, -0.25) is 0 Å². The molecule has 0 aliphatic heterocycles. The minimum atomic E-state index is -1.43. The van der Waals surface area contributed by atoms with E-state index >= 15 is 0 Å². The second-order valence-electron chi connectivity index (χ2n) is 7.92. The van der Waals surface area contributed by atoms with E-state index in [0.29, 0.717) is 42.6 Å². The molecule has 0 saturated heterocycles. The van der Waals surface area contributed by atoms with E-state index in [-0.39, 0.29) is 28.6 Å². The average molecular weight is 431 g/mol. The van der Waals surface area contributed by atoms with E-state index in [4.69, 9.17) is 4.74 Å². The van der Waals surface area contributed by atoms with Gasteiger partial charge in [0.1, 0.15) is 5.75 Å². The van der Waals surface area contributed by atoms with Crippen LogP contribution >= 0.6 is 0 Å². The number of carbonyl (C=O) groups is 1. The van der Waals surface area contributed by atoms with E-state index in [0.717, 1.165) is 22.3 Å². The Balaban J connectivity index is 0.00000480. The Bertz CT molecular complexity index is 951. The van der Waals surface area contributed by atoms with Crippen LogP contribution in [0.5, 0.6) is 11.5 Å². The zero-order valence-electron chi connectivity index (χ0n) is 19.2. The quantitative estimate of drug-likeness (QED) is 0.450. The first-order chi connectivity index (χ1) is 14.3. The summed E-state index contributed by atoms with van der Waals surface area (Å²) in [5.74, 6) is -1.45. The number of methoxy groups -OCH3 is 1. The van der Waals surface area contributed by atoms with Crippen molar-refractivity contribution in [1.82, 2.24) is 0 Å². The van der Waals surface area contributed by atoms with E-state index in [1.54, 1.807) is 0 Å². The van der Waals surface area contributed by atoms with Crippen molar-refractivity contribution in [3.63, 3.8) is 0 Å². The van der Waals surface area contributed by atoms with Crippen LogP contribution in [0.1, 0.15) is 60.3 Å². The molecule has 0 spiro atoms. The summed E-state index contributed by atoms with van der Waals surface area (Å²) in [6.07, 6.45) is 5.81. The third-order valence-electron chi connectivity index (χ3n) is 5.06. The molecule has 0 aromatic heterocycles. The van der Waals surface area contributed by atoms with Gasteiger partial charge >= 0.3 is 23.1 Å². The molecule has 0 radical (unpaired) electrons. The average Bonchev–Trinajstić information content (AvgIpc) is 2.69. The van der Waals surface area contributed by atoms with Gasteiger partial charge < -0.3 is 19.7 Å². The van der Waals surface area contributed by atoms with Gasteiger partial charge in [0.25, 0.3) is 0 Å². The summed E-state index contributed by atoms with van der Waals surface area (Å²) in [7, 11) is 1.53. The van der Waals surface area contributed by atoms with Crippen LogP contribution < -0.4 is 14.9 Å². The Morgan fingerprint density at radius 1 is 0.903 bits per heavy atom. The predicted molar refractivity (Wildman–Crippen MR) is 123 cm³/mol. The summed E-state index contributed by atoms with van der Waals surface area (Å²) < 4.78 is 5.68. The minimum absolute atomic E-state index is 0. The van der Waals surface area contributed by atoms with Crippen molar-refractivity contribution in [1.29, 1.82) is 0 Å². The Morgan fingerprint density at radius 3 is 1.94 bits per heavy atom. The van der Waals surface area contributed by atoms with Gasteiger partial charge in [0.15, 0.2) is 0 Å². The van der Waals surface area contributed by atoms with Crippen LogP contribution in [-0.2, 0) is 25.7 Å². The molecule has 0 aliphatic carbocycles. The smallest absolute Gasteiger partial charge is 0.872 e. The maximum Gasteiger partial charge on any atom is 2.00 e. The van der Waals surface area contributed by atoms with E-state index in [9.17, 15) is 15.0 Å². The second-order valence-corrected chi connectivity index (χ2v) is 7.92. The van der Waals surface area contributed by atoms with Crippen molar-refractivity contribution in [2.75, 3.05) is 7.11 Å². The first-order valence-electron chi connectivity index (χ1n) is 10.2. The number of hydrogen-bond acceptors (Lipinski definition) is 4. The fraction of sp³-hybridized carbons (Fsp3) is 0.346. The topological polar surface area (TPSA) is 72.4 Å². The maximum atomic E-state index is 13.2. The number of rotatable bonds is 9. The van der Waals surface area contributed by atoms with E-state index < -0.39 is 11.7 Å². The van der Waals surface area contributed by atoms with Crippen LogP contribution in [0.15, 0.2) is 53.6 Å². The summed E-state index contributed by atoms with van der Waals surface area (Å²) in [6.45, 7) is 7.85. The number of carboxylic acids is 1. The number of aryl methyl sites for hydroxylation is 1. The zero-order chi connectivity index (χ0) is 22.3. The van der Waals surface area contributed by atoms with Crippen molar-refractivity contribution in [2.45, 2.75) is 53.4 Å². The van der Waals surface area contributed by atoms with Crippen LogP contribution in [0.2, 0.25) is 0 Å². The molecule has 0 amide bonds. The third kappa shape index (κ3) is 7.15. The first kappa shape index (κ1) is 26.8. The van der Waals surface area contributed by atoms with Gasteiger partial charge in [0.2, 0.25) is 0 Å². The van der Waals surface area contributed by atoms with Crippen molar-refractivity contribution < 1.29 is 19.7 Å². The van der Waals surface area contributed by atoms with Crippen LogP contribution in [-0.4, -0.2) is 36.1 Å². The monoisotopic (exact) mass is 430 g/mol. The van der Waals surface area contributed by atoms with E-state index in [1.165, 1.54) is 7.11 Å². The molecule has 0 aliphatic rings. The Labute approximate surface area is 201 Å². The summed E-state index contributed by atoms with van der Waals surface area (Å²) in [4.78, 5) is 12.1. The molecule has 2 aromatic rings. The maximum absolute atomic E-state index is 13.2. The van der Waals surface area contributed by atoms with E-state index in [1.807, 2.05) is 70.2 Å². The van der Waals surface area contributed by atoms with Gasteiger partial charge in [0, 0.05) is 5.56 Å². The SMILES string of the molecule is COc1c(CC=C(C)C)c([O-])c(C(=O)[O-])c(CCc2ccccc2)c1CC=C(C)C.[Mg+2]. The van der Waals surface area contributed by atoms with Crippen LogP contribution in [0.25, 0.3) is 0 Å². The Kier molecular flexibility index (Phi) is 10.9. The summed E-state index contributed by atoms with van der Waals surface area (Å²) in [5, 5.41) is 25.2. The number of hydrogen-bond donors (Lipinski definition) is 0. The number of allylic oxidation sites excluding steroid dienone is 4. The molecule has 5 heteroatoms. The Morgan fingerprint density at radius 2 is 1.45 bits per heavy atom. The van der Waals surface area contributed by atoms with Gasteiger partial charge in [-0.15, -0.1) is 0 Å². The predicted octanol–water partition coefficient (Wildman–Crippen LogP) is 3.55. The largest absolute Gasteiger partial charge is 2.00 e. The van der Waals surface area contributed by atoms with Crippen molar-refractivity contribution in [2.24, 2.45) is 0 Å². The molecule has 2 rings (SSSR count). The summed E-state index contributed by atoms with van der Waals surface area (Å²) in [6, 6.07) is 9.82. The van der Waals surface area contributed by atoms with Crippen LogP contribution in [0, 0.1) is 0 Å². The molecule has 31 heavy (non-hydrogen) atoms. The van der Waals surface area contributed by atoms with Gasteiger partial charge in [0.05, 0.1) is 13.1 Å². The van der Waals surface area contributed by atoms with Crippen molar-refractivity contribution >= 4 is 29.0 Å². The van der Waals surface area contributed by atoms with Gasteiger partial charge in [-0.1, -0.05) is 59.4 Å². The summed E-state index contributed by atoms with van der Waals surface area (Å²) in [5.41, 5.74) is 4.64. The molecule has 0 saturated carbocycles. The molecule has 0 fully saturated rings. The first-order valence-corrected chi connectivity index (χ1v) is 10.2. The van der Waals surface area contributed by atoms with Gasteiger partial charge in [-0.2, -0.15) is 0 Å². The normalized spacial score (nSPS) is 10.1. The summed E-state index contributed by atoms with van der Waals surface area (Å²) >= 11 is 0. The molecule has 0 N–H and O–H groups in total. The fourth-order valence-corrected chi connectivity index (χ4v) is 3.53. The Hall–Kier alpha value is -2.24. The number of ether oxygens (including phenoxy) is 1. The number of benzene rings is 2. The van der Waals surface area contributed by atoms with Gasteiger partial charge in [-0.25, -0.2) is 0 Å². The second kappa shape index (κ2) is 12.6. The minimum Gasteiger partial charge on any atom is -0.872 e. The van der Waals surface area contributed by atoms with E-state index in [2.05, 4.69) is 0 Å². The third-order valence-corrected chi connectivity index (χ3v) is 5.06. The van der Waals surface area contributed by atoms with Gasteiger partial charge in [-0.05, 0) is 75.6 Å². The molecule has 0 atom stereocenters. The van der Waals surface area contributed by atoms with Crippen LogP contribution in [0.3, 0.4) is 0 Å².